The molecule has 4 atom stereocenters. The number of esters is 1. The number of hydrogen-bond acceptors (Lipinski definition) is 5. The van der Waals surface area contributed by atoms with Crippen LogP contribution in [0.1, 0.15) is 46.5 Å². The van der Waals surface area contributed by atoms with E-state index < -0.39 is 17.9 Å². The third kappa shape index (κ3) is 3.91. The number of hydrogen-bond donors (Lipinski definition) is 0. The summed E-state index contributed by atoms with van der Waals surface area (Å²) >= 11 is 0. The van der Waals surface area contributed by atoms with E-state index in [-0.39, 0.29) is 30.3 Å². The molecule has 0 spiro atoms. The van der Waals surface area contributed by atoms with Gasteiger partial charge in [-0.1, -0.05) is 20.8 Å². The van der Waals surface area contributed by atoms with Crippen molar-refractivity contribution < 1.29 is 28.1 Å². The van der Waals surface area contributed by atoms with Gasteiger partial charge in [-0.05, 0) is 42.6 Å². The van der Waals surface area contributed by atoms with E-state index in [1.165, 1.54) is 0 Å². The molecule has 6 heteroatoms. The van der Waals surface area contributed by atoms with Crippen LogP contribution < -0.4 is 0 Å². The van der Waals surface area contributed by atoms with Gasteiger partial charge < -0.3 is 18.9 Å². The molecule has 0 bridgehead atoms. The third-order valence-electron chi connectivity index (χ3n) is 5.83. The summed E-state index contributed by atoms with van der Waals surface area (Å²) in [5.74, 6) is -1.05. The summed E-state index contributed by atoms with van der Waals surface area (Å²) in [5, 5.41) is 0. The van der Waals surface area contributed by atoms with Crippen molar-refractivity contribution in [1.29, 1.82) is 0 Å². The van der Waals surface area contributed by atoms with Crippen molar-refractivity contribution in [3.05, 3.63) is 11.4 Å². The molecule has 3 fully saturated rings. The Kier molecular flexibility index (Phi) is 5.51. The van der Waals surface area contributed by atoms with E-state index in [2.05, 4.69) is 20.8 Å². The largest absolute Gasteiger partial charge is 0.452 e. The summed E-state index contributed by atoms with van der Waals surface area (Å²) in [6, 6.07) is 0. The molecule has 1 saturated carbocycles. The maximum absolute atomic E-state index is 14.5. The zero-order valence-electron chi connectivity index (χ0n) is 15.5. The molecule has 2 aliphatic heterocycles. The van der Waals surface area contributed by atoms with Crippen molar-refractivity contribution >= 4 is 5.97 Å². The van der Waals surface area contributed by atoms with Crippen LogP contribution in [0.15, 0.2) is 11.4 Å². The minimum absolute atomic E-state index is 0.162. The first-order valence-electron chi connectivity index (χ1n) is 9.15. The molecule has 0 unspecified atom stereocenters. The lowest BCUT2D eigenvalue weighted by Crippen LogP contribution is -2.35. The van der Waals surface area contributed by atoms with Crippen molar-refractivity contribution in [2.45, 2.75) is 70.9 Å². The van der Waals surface area contributed by atoms with Gasteiger partial charge in [-0.25, -0.2) is 4.79 Å². The predicted octanol–water partition coefficient (Wildman–Crippen LogP) is 3.17. The standard InChI is InChI=1S/C19H29FO5/c1-19(2,3)12-7-5-11(6-8-12)15(20)18(21)25-14-10-24-16-13(22-4)9-23-17(14)16/h12-14,16-17H,5-10H2,1-4H3/t12?,13-,14-,16-,17-/m1/s1. The van der Waals surface area contributed by atoms with Crippen LogP contribution in [0, 0.1) is 11.3 Å². The Morgan fingerprint density at radius 2 is 1.64 bits per heavy atom. The summed E-state index contributed by atoms with van der Waals surface area (Å²) in [5.41, 5.74) is 0.805. The average molecular weight is 356 g/mol. The number of ether oxygens (including phenoxy) is 4. The minimum Gasteiger partial charge on any atom is -0.452 e. The molecule has 2 saturated heterocycles. The fourth-order valence-corrected chi connectivity index (χ4v) is 4.12. The predicted molar refractivity (Wildman–Crippen MR) is 89.7 cm³/mol. The van der Waals surface area contributed by atoms with E-state index >= 15 is 0 Å². The summed E-state index contributed by atoms with van der Waals surface area (Å²) in [4.78, 5) is 12.2. The summed E-state index contributed by atoms with van der Waals surface area (Å²) in [7, 11) is 1.59. The van der Waals surface area contributed by atoms with Gasteiger partial charge >= 0.3 is 5.97 Å². The molecule has 2 heterocycles. The first-order valence-corrected chi connectivity index (χ1v) is 9.15. The van der Waals surface area contributed by atoms with E-state index in [0.717, 1.165) is 12.8 Å². The molecule has 142 valence electrons. The Morgan fingerprint density at radius 1 is 1.08 bits per heavy atom. The van der Waals surface area contributed by atoms with Gasteiger partial charge in [0.25, 0.3) is 0 Å². The molecule has 0 aromatic rings. The Balaban J connectivity index is 1.57. The number of halogens is 1. The van der Waals surface area contributed by atoms with E-state index in [9.17, 15) is 9.18 Å². The number of carbonyl (C=O) groups is 1. The van der Waals surface area contributed by atoms with Gasteiger partial charge in [-0.15, -0.1) is 0 Å². The van der Waals surface area contributed by atoms with Crippen molar-refractivity contribution in [2.24, 2.45) is 11.3 Å². The van der Waals surface area contributed by atoms with Gasteiger partial charge in [-0.2, -0.15) is 4.39 Å². The molecule has 0 radical (unpaired) electrons. The van der Waals surface area contributed by atoms with Crippen LogP contribution >= 0.6 is 0 Å². The molecule has 1 aliphatic carbocycles. The SMILES string of the molecule is CO[C@@H]1CO[C@H]2[C@@H]1OC[C@H]2OC(=O)C(F)=C1CCC(C(C)(C)C)CC1. The second-order valence-electron chi connectivity index (χ2n) is 8.37. The van der Waals surface area contributed by atoms with Crippen molar-refractivity contribution in [3.8, 4) is 0 Å². The maximum Gasteiger partial charge on any atom is 0.367 e. The molecule has 3 rings (SSSR count). The van der Waals surface area contributed by atoms with E-state index in [0.29, 0.717) is 30.9 Å². The summed E-state index contributed by atoms with van der Waals surface area (Å²) < 4.78 is 36.4. The second-order valence-corrected chi connectivity index (χ2v) is 8.37. The van der Waals surface area contributed by atoms with E-state index in [4.69, 9.17) is 18.9 Å². The highest BCUT2D eigenvalue weighted by molar-refractivity contribution is 5.87. The number of methoxy groups -OCH3 is 1. The number of carbonyl (C=O) groups excluding carboxylic acids is 1. The van der Waals surface area contributed by atoms with E-state index in [1.807, 2.05) is 0 Å². The van der Waals surface area contributed by atoms with Crippen molar-refractivity contribution in [3.63, 3.8) is 0 Å². The topological polar surface area (TPSA) is 54.0 Å². The fraction of sp³-hybridized carbons (Fsp3) is 0.842. The molecule has 25 heavy (non-hydrogen) atoms. The Labute approximate surface area is 148 Å². The van der Waals surface area contributed by atoms with Gasteiger partial charge in [0.05, 0.1) is 13.2 Å². The highest BCUT2D eigenvalue weighted by Gasteiger charge is 2.50. The quantitative estimate of drug-likeness (QED) is 0.574. The molecule has 0 aromatic heterocycles. The Bertz CT molecular complexity index is 528. The highest BCUT2D eigenvalue weighted by atomic mass is 19.1. The van der Waals surface area contributed by atoms with Crippen LogP contribution in [-0.2, 0) is 23.7 Å². The van der Waals surface area contributed by atoms with Gasteiger partial charge in [0.2, 0.25) is 5.83 Å². The van der Waals surface area contributed by atoms with Crippen LogP contribution in [0.25, 0.3) is 0 Å². The van der Waals surface area contributed by atoms with Gasteiger partial charge in [0, 0.05) is 7.11 Å². The monoisotopic (exact) mass is 356 g/mol. The van der Waals surface area contributed by atoms with Gasteiger partial charge in [0.15, 0.2) is 6.10 Å². The molecule has 0 N–H and O–H groups in total. The zero-order valence-corrected chi connectivity index (χ0v) is 15.5. The normalized spacial score (nSPS) is 35.6. The lowest BCUT2D eigenvalue weighted by molar-refractivity contribution is -0.151. The first kappa shape index (κ1) is 18.8. The van der Waals surface area contributed by atoms with Crippen LogP contribution in [-0.4, -0.2) is 50.7 Å². The smallest absolute Gasteiger partial charge is 0.367 e. The van der Waals surface area contributed by atoms with Crippen LogP contribution in [0.2, 0.25) is 0 Å². The average Bonchev–Trinajstić information content (AvgIpc) is 3.16. The maximum atomic E-state index is 14.5. The fourth-order valence-electron chi connectivity index (χ4n) is 4.12. The number of allylic oxidation sites excluding steroid dienone is 1. The highest BCUT2D eigenvalue weighted by Crippen LogP contribution is 2.41. The molecule has 3 aliphatic rings. The number of fused-ring (bicyclic) bond motifs is 1. The zero-order chi connectivity index (χ0) is 18.2. The molecule has 0 amide bonds. The molecule has 5 nitrogen and oxygen atoms in total. The lowest BCUT2D eigenvalue weighted by atomic mass is 9.71. The summed E-state index contributed by atoms with van der Waals surface area (Å²) in [6.07, 6.45) is 1.71. The van der Waals surface area contributed by atoms with Crippen LogP contribution in [0.4, 0.5) is 4.39 Å². The third-order valence-corrected chi connectivity index (χ3v) is 5.83. The van der Waals surface area contributed by atoms with Gasteiger partial charge in [0.1, 0.15) is 18.3 Å². The Hall–Kier alpha value is -0.980. The second kappa shape index (κ2) is 7.33. The van der Waals surface area contributed by atoms with Crippen LogP contribution in [0.5, 0.6) is 0 Å². The first-order chi connectivity index (χ1) is 11.8. The molecular formula is C19H29FO5. The Morgan fingerprint density at radius 3 is 2.20 bits per heavy atom. The molecule has 0 aromatic carbocycles. The lowest BCUT2D eigenvalue weighted by Gasteiger charge is -2.34. The molecular weight excluding hydrogens is 327 g/mol. The van der Waals surface area contributed by atoms with Crippen molar-refractivity contribution in [1.82, 2.24) is 0 Å². The van der Waals surface area contributed by atoms with Crippen LogP contribution in [0.3, 0.4) is 0 Å². The van der Waals surface area contributed by atoms with Gasteiger partial charge in [-0.3, -0.25) is 0 Å². The summed E-state index contributed by atoms with van der Waals surface area (Å²) in [6.45, 7) is 7.25. The number of rotatable bonds is 3. The van der Waals surface area contributed by atoms with E-state index in [1.54, 1.807) is 7.11 Å². The van der Waals surface area contributed by atoms with Crippen molar-refractivity contribution in [2.75, 3.05) is 20.3 Å². The minimum atomic E-state index is -0.886.